The summed E-state index contributed by atoms with van der Waals surface area (Å²) in [4.78, 5) is 51.7. The topological polar surface area (TPSA) is 132 Å². The first-order valence-corrected chi connectivity index (χ1v) is 15.2. The summed E-state index contributed by atoms with van der Waals surface area (Å²) < 4.78 is 15.7. The van der Waals surface area contributed by atoms with E-state index in [0.717, 1.165) is 4.90 Å². The van der Waals surface area contributed by atoms with Gasteiger partial charge in [0.2, 0.25) is 5.91 Å². The minimum absolute atomic E-state index is 0.0104. The number of benzene rings is 4. The van der Waals surface area contributed by atoms with Crippen molar-refractivity contribution in [1.29, 1.82) is 0 Å². The van der Waals surface area contributed by atoms with Crippen LogP contribution in [0.1, 0.15) is 33.2 Å². The summed E-state index contributed by atoms with van der Waals surface area (Å²) in [5.41, 5.74) is 2.33. The Bertz CT molecular complexity index is 1720. The number of esters is 1. The molecule has 0 atom stereocenters. The molecular formula is C35H33N3O7S. The predicted octanol–water partition coefficient (Wildman–Crippen LogP) is 6.02. The van der Waals surface area contributed by atoms with E-state index in [1.54, 1.807) is 97.9 Å². The first-order chi connectivity index (χ1) is 22.3. The van der Waals surface area contributed by atoms with E-state index in [1.807, 2.05) is 6.07 Å². The number of rotatable bonds is 13. The van der Waals surface area contributed by atoms with Crippen LogP contribution in [0.3, 0.4) is 0 Å². The van der Waals surface area contributed by atoms with Crippen molar-refractivity contribution in [3.05, 3.63) is 119 Å². The van der Waals surface area contributed by atoms with Crippen LogP contribution >= 0.6 is 11.8 Å². The number of thioether (sulfide) groups is 1. The molecule has 4 aromatic carbocycles. The maximum absolute atomic E-state index is 13.5. The minimum Gasteiger partial charge on any atom is -0.497 e. The fraction of sp³-hybridized carbons (Fsp3) is 0.143. The summed E-state index contributed by atoms with van der Waals surface area (Å²) in [6.45, 7) is 2.01. The summed E-state index contributed by atoms with van der Waals surface area (Å²) in [5.74, 6) is -0.565. The Morgan fingerprint density at radius 1 is 0.761 bits per heavy atom. The Hall–Kier alpha value is -5.55. The van der Waals surface area contributed by atoms with Gasteiger partial charge in [0.15, 0.2) is 0 Å². The molecule has 0 heterocycles. The SMILES string of the molecule is CCOC(=O)c1ccc(NC(=O)CSc2cccc(NC(=O)/C(=C\c3ccc(OC)cc3OC)NC(=O)c3ccccc3)c2)cc1. The molecule has 0 bridgehead atoms. The molecule has 0 saturated heterocycles. The zero-order valence-corrected chi connectivity index (χ0v) is 26.3. The summed E-state index contributed by atoms with van der Waals surface area (Å²) in [6.07, 6.45) is 1.52. The monoisotopic (exact) mass is 639 g/mol. The van der Waals surface area contributed by atoms with Gasteiger partial charge in [0.05, 0.1) is 32.1 Å². The molecule has 0 unspecified atom stereocenters. The van der Waals surface area contributed by atoms with Gasteiger partial charge < -0.3 is 30.2 Å². The first kappa shape index (κ1) is 33.3. The fourth-order valence-electron chi connectivity index (χ4n) is 4.15. The van der Waals surface area contributed by atoms with Crippen LogP contribution < -0.4 is 25.4 Å². The Morgan fingerprint density at radius 3 is 2.22 bits per heavy atom. The van der Waals surface area contributed by atoms with Gasteiger partial charge >= 0.3 is 5.97 Å². The van der Waals surface area contributed by atoms with Crippen molar-refractivity contribution in [2.75, 3.05) is 37.2 Å². The number of hydrogen-bond donors (Lipinski definition) is 3. The number of carbonyl (C=O) groups is 4. The van der Waals surface area contributed by atoms with Gasteiger partial charge in [-0.1, -0.05) is 24.3 Å². The van der Waals surface area contributed by atoms with E-state index in [1.165, 1.54) is 32.1 Å². The van der Waals surface area contributed by atoms with Crippen LogP contribution in [0.5, 0.6) is 11.5 Å². The second kappa shape index (κ2) is 16.5. The molecule has 0 aromatic heterocycles. The lowest BCUT2D eigenvalue weighted by Gasteiger charge is -2.13. The summed E-state index contributed by atoms with van der Waals surface area (Å²) in [6, 6.07) is 27.1. The molecule has 4 aromatic rings. The van der Waals surface area contributed by atoms with E-state index >= 15 is 0 Å². The van der Waals surface area contributed by atoms with Crippen molar-refractivity contribution < 1.29 is 33.4 Å². The van der Waals surface area contributed by atoms with E-state index in [2.05, 4.69) is 16.0 Å². The summed E-state index contributed by atoms with van der Waals surface area (Å²) >= 11 is 1.28. The Labute approximate surface area is 271 Å². The Balaban J connectivity index is 1.45. The highest BCUT2D eigenvalue weighted by Crippen LogP contribution is 2.27. The molecule has 0 saturated carbocycles. The van der Waals surface area contributed by atoms with Gasteiger partial charge in [0.25, 0.3) is 11.8 Å². The third-order valence-electron chi connectivity index (χ3n) is 6.41. The number of anilines is 2. The highest BCUT2D eigenvalue weighted by atomic mass is 32.2. The van der Waals surface area contributed by atoms with Gasteiger partial charge in [0.1, 0.15) is 17.2 Å². The quantitative estimate of drug-likeness (QED) is 0.0920. The van der Waals surface area contributed by atoms with Crippen LogP contribution in [0.15, 0.2) is 108 Å². The second-order valence-corrected chi connectivity index (χ2v) is 10.7. The van der Waals surface area contributed by atoms with Gasteiger partial charge in [-0.15, -0.1) is 11.8 Å². The van der Waals surface area contributed by atoms with Gasteiger partial charge in [0, 0.05) is 33.5 Å². The summed E-state index contributed by atoms with van der Waals surface area (Å²) in [5, 5.41) is 8.34. The number of nitrogens with one attached hydrogen (secondary N) is 3. The zero-order valence-electron chi connectivity index (χ0n) is 25.5. The van der Waals surface area contributed by atoms with Crippen molar-refractivity contribution in [3.63, 3.8) is 0 Å². The number of ether oxygens (including phenoxy) is 3. The van der Waals surface area contributed by atoms with Crippen LogP contribution in [0.25, 0.3) is 6.08 Å². The van der Waals surface area contributed by atoms with E-state index in [-0.39, 0.29) is 24.0 Å². The molecule has 0 radical (unpaired) electrons. The van der Waals surface area contributed by atoms with E-state index in [9.17, 15) is 19.2 Å². The lowest BCUT2D eigenvalue weighted by Crippen LogP contribution is -2.30. The molecular weight excluding hydrogens is 606 g/mol. The zero-order chi connectivity index (χ0) is 32.9. The van der Waals surface area contributed by atoms with Crippen molar-refractivity contribution >= 4 is 52.9 Å². The number of hydrogen-bond acceptors (Lipinski definition) is 8. The van der Waals surface area contributed by atoms with Gasteiger partial charge in [-0.25, -0.2) is 4.79 Å². The van der Waals surface area contributed by atoms with Crippen LogP contribution in [-0.2, 0) is 14.3 Å². The lowest BCUT2D eigenvalue weighted by molar-refractivity contribution is -0.114. The molecule has 11 heteroatoms. The average Bonchev–Trinajstić information content (AvgIpc) is 3.08. The fourth-order valence-corrected chi connectivity index (χ4v) is 4.90. The number of methoxy groups -OCH3 is 2. The highest BCUT2D eigenvalue weighted by molar-refractivity contribution is 8.00. The highest BCUT2D eigenvalue weighted by Gasteiger charge is 2.17. The molecule has 0 aliphatic heterocycles. The van der Waals surface area contributed by atoms with Crippen molar-refractivity contribution in [1.82, 2.24) is 5.32 Å². The molecule has 3 amide bonds. The van der Waals surface area contributed by atoms with Crippen LogP contribution in [-0.4, -0.2) is 50.3 Å². The first-order valence-electron chi connectivity index (χ1n) is 14.2. The molecule has 4 rings (SSSR count). The van der Waals surface area contributed by atoms with Gasteiger partial charge in [-0.3, -0.25) is 14.4 Å². The maximum atomic E-state index is 13.5. The molecule has 0 aliphatic carbocycles. The smallest absolute Gasteiger partial charge is 0.338 e. The summed E-state index contributed by atoms with van der Waals surface area (Å²) in [7, 11) is 3.04. The molecule has 0 spiro atoms. The molecule has 46 heavy (non-hydrogen) atoms. The van der Waals surface area contributed by atoms with Gasteiger partial charge in [-0.05, 0) is 79.7 Å². The molecule has 236 valence electrons. The van der Waals surface area contributed by atoms with Crippen molar-refractivity contribution in [3.8, 4) is 11.5 Å². The molecule has 3 N–H and O–H groups in total. The largest absolute Gasteiger partial charge is 0.497 e. The minimum atomic E-state index is -0.562. The second-order valence-electron chi connectivity index (χ2n) is 9.60. The predicted molar refractivity (Wildman–Crippen MR) is 178 cm³/mol. The molecule has 0 fully saturated rings. The van der Waals surface area contributed by atoms with Crippen LogP contribution in [0, 0.1) is 0 Å². The van der Waals surface area contributed by atoms with Crippen LogP contribution in [0.2, 0.25) is 0 Å². The van der Waals surface area contributed by atoms with E-state index in [0.29, 0.717) is 39.6 Å². The maximum Gasteiger partial charge on any atom is 0.338 e. The Morgan fingerprint density at radius 2 is 1.52 bits per heavy atom. The lowest BCUT2D eigenvalue weighted by atomic mass is 10.1. The van der Waals surface area contributed by atoms with Crippen molar-refractivity contribution in [2.24, 2.45) is 0 Å². The number of carbonyl (C=O) groups excluding carboxylic acids is 4. The normalized spacial score (nSPS) is 10.8. The third kappa shape index (κ3) is 9.47. The van der Waals surface area contributed by atoms with Crippen molar-refractivity contribution in [2.45, 2.75) is 11.8 Å². The standard InChI is InChI=1S/C35H33N3O7S/c1-4-45-35(42)24-13-16-26(17-14-24)36-32(39)22-46-29-12-8-11-27(20-29)37-34(41)30(38-33(40)23-9-6-5-7-10-23)19-25-15-18-28(43-2)21-31(25)44-3/h5-21H,4,22H2,1-3H3,(H,36,39)(H,37,41)(H,38,40)/b30-19+. The van der Waals surface area contributed by atoms with E-state index in [4.69, 9.17) is 14.2 Å². The van der Waals surface area contributed by atoms with Crippen LogP contribution in [0.4, 0.5) is 11.4 Å². The van der Waals surface area contributed by atoms with E-state index < -0.39 is 17.8 Å². The van der Waals surface area contributed by atoms with Gasteiger partial charge in [-0.2, -0.15) is 0 Å². The molecule has 0 aliphatic rings. The number of amides is 3. The third-order valence-corrected chi connectivity index (χ3v) is 7.40. The molecule has 10 nitrogen and oxygen atoms in total. The Kier molecular flexibility index (Phi) is 12.0. The average molecular weight is 640 g/mol.